The standard InChI is InChI=1S/C14H18N2O4S2/c1-2-3-10-15-21(17,18)14-9-11-16(12-14)22(19,20)13-7-5-4-6-8-13/h4-9,11-12,15H,2-3,10H2,1H3. The van der Waals surface area contributed by atoms with E-state index >= 15 is 0 Å². The summed E-state index contributed by atoms with van der Waals surface area (Å²) in [6.07, 6.45) is 3.93. The van der Waals surface area contributed by atoms with Crippen molar-refractivity contribution < 1.29 is 16.8 Å². The molecule has 0 saturated carbocycles. The zero-order valence-electron chi connectivity index (χ0n) is 12.1. The van der Waals surface area contributed by atoms with Crippen LogP contribution in [0.25, 0.3) is 0 Å². The number of rotatable bonds is 7. The molecule has 1 N–H and O–H groups in total. The number of unbranched alkanes of at least 4 members (excludes halogenated alkanes) is 1. The van der Waals surface area contributed by atoms with E-state index in [1.165, 1.54) is 24.4 Å². The zero-order valence-corrected chi connectivity index (χ0v) is 13.8. The molecule has 120 valence electrons. The second kappa shape index (κ2) is 6.64. The van der Waals surface area contributed by atoms with E-state index in [0.717, 1.165) is 23.0 Å². The van der Waals surface area contributed by atoms with Gasteiger partial charge in [-0.05, 0) is 24.6 Å². The van der Waals surface area contributed by atoms with Gasteiger partial charge in [-0.15, -0.1) is 0 Å². The molecule has 0 saturated heterocycles. The van der Waals surface area contributed by atoms with Gasteiger partial charge in [-0.2, -0.15) is 0 Å². The normalized spacial score (nSPS) is 12.4. The van der Waals surface area contributed by atoms with Gasteiger partial charge in [0.25, 0.3) is 10.0 Å². The van der Waals surface area contributed by atoms with Crippen LogP contribution in [0.4, 0.5) is 0 Å². The second-order valence-electron chi connectivity index (χ2n) is 4.75. The minimum absolute atomic E-state index is 0.0666. The predicted molar refractivity (Wildman–Crippen MR) is 83.6 cm³/mol. The van der Waals surface area contributed by atoms with Gasteiger partial charge in [0.15, 0.2) is 0 Å². The van der Waals surface area contributed by atoms with E-state index in [4.69, 9.17) is 0 Å². The third kappa shape index (κ3) is 3.57. The number of aromatic nitrogens is 1. The van der Waals surface area contributed by atoms with E-state index in [1.54, 1.807) is 18.2 Å². The van der Waals surface area contributed by atoms with Crippen LogP contribution < -0.4 is 4.72 Å². The summed E-state index contributed by atoms with van der Waals surface area (Å²) in [6.45, 7) is 2.28. The lowest BCUT2D eigenvalue weighted by atomic mass is 10.3. The lowest BCUT2D eigenvalue weighted by Gasteiger charge is -2.06. The first-order valence-electron chi connectivity index (χ1n) is 6.86. The average molecular weight is 342 g/mol. The van der Waals surface area contributed by atoms with Gasteiger partial charge < -0.3 is 0 Å². The maximum atomic E-state index is 12.4. The van der Waals surface area contributed by atoms with Gasteiger partial charge in [0.2, 0.25) is 10.0 Å². The van der Waals surface area contributed by atoms with Crippen LogP contribution in [0.3, 0.4) is 0 Å². The highest BCUT2D eigenvalue weighted by Crippen LogP contribution is 2.17. The van der Waals surface area contributed by atoms with E-state index in [2.05, 4.69) is 4.72 Å². The topological polar surface area (TPSA) is 85.2 Å². The van der Waals surface area contributed by atoms with Gasteiger partial charge in [-0.25, -0.2) is 25.5 Å². The molecule has 0 unspecified atom stereocenters. The Morgan fingerprint density at radius 2 is 1.68 bits per heavy atom. The van der Waals surface area contributed by atoms with Crippen molar-refractivity contribution in [3.63, 3.8) is 0 Å². The lowest BCUT2D eigenvalue weighted by Crippen LogP contribution is -2.24. The van der Waals surface area contributed by atoms with Crippen LogP contribution in [0, 0.1) is 0 Å². The molecule has 0 fully saturated rings. The Morgan fingerprint density at radius 3 is 2.32 bits per heavy atom. The Kier molecular flexibility index (Phi) is 5.05. The molecule has 0 amide bonds. The van der Waals surface area contributed by atoms with Crippen molar-refractivity contribution in [1.82, 2.24) is 8.69 Å². The molecule has 22 heavy (non-hydrogen) atoms. The third-order valence-corrected chi connectivity index (χ3v) is 6.19. The fourth-order valence-corrected chi connectivity index (χ4v) is 4.20. The molecule has 0 radical (unpaired) electrons. The minimum Gasteiger partial charge on any atom is -0.248 e. The van der Waals surface area contributed by atoms with Gasteiger partial charge >= 0.3 is 0 Å². The Morgan fingerprint density at radius 1 is 1.00 bits per heavy atom. The van der Waals surface area contributed by atoms with Crippen LogP contribution in [-0.4, -0.2) is 27.4 Å². The number of hydrogen-bond donors (Lipinski definition) is 1. The maximum absolute atomic E-state index is 12.4. The van der Waals surface area contributed by atoms with Crippen molar-refractivity contribution in [1.29, 1.82) is 0 Å². The van der Waals surface area contributed by atoms with Gasteiger partial charge in [0.05, 0.1) is 4.90 Å². The summed E-state index contributed by atoms with van der Waals surface area (Å²) in [5.74, 6) is 0. The van der Waals surface area contributed by atoms with Crippen LogP contribution >= 0.6 is 0 Å². The largest absolute Gasteiger partial charge is 0.267 e. The Balaban J connectivity index is 2.29. The summed E-state index contributed by atoms with van der Waals surface area (Å²) in [7, 11) is -7.47. The minimum atomic E-state index is -3.78. The molecule has 0 aliphatic heterocycles. The van der Waals surface area contributed by atoms with Crippen LogP contribution in [0.2, 0.25) is 0 Å². The SMILES string of the molecule is CCCCNS(=O)(=O)c1ccn(S(=O)(=O)c2ccccc2)c1. The van der Waals surface area contributed by atoms with Crippen molar-refractivity contribution in [2.24, 2.45) is 0 Å². The van der Waals surface area contributed by atoms with E-state index < -0.39 is 20.0 Å². The third-order valence-electron chi connectivity index (χ3n) is 3.09. The summed E-state index contributed by atoms with van der Waals surface area (Å²) in [6, 6.07) is 9.13. The number of nitrogens with one attached hydrogen (secondary N) is 1. The Hall–Kier alpha value is -1.64. The summed E-state index contributed by atoms with van der Waals surface area (Å²) >= 11 is 0. The van der Waals surface area contributed by atoms with E-state index in [-0.39, 0.29) is 9.79 Å². The molecule has 0 aliphatic carbocycles. The van der Waals surface area contributed by atoms with Crippen LogP contribution in [0.15, 0.2) is 58.6 Å². The highest BCUT2D eigenvalue weighted by atomic mass is 32.2. The van der Waals surface area contributed by atoms with Crippen LogP contribution in [-0.2, 0) is 20.0 Å². The number of hydrogen-bond acceptors (Lipinski definition) is 4. The smallest absolute Gasteiger partial charge is 0.248 e. The van der Waals surface area contributed by atoms with Gasteiger partial charge in [0.1, 0.15) is 4.90 Å². The zero-order chi connectivity index (χ0) is 16.2. The fourth-order valence-electron chi connectivity index (χ4n) is 1.85. The number of sulfonamides is 1. The highest BCUT2D eigenvalue weighted by Gasteiger charge is 2.20. The summed E-state index contributed by atoms with van der Waals surface area (Å²) in [5, 5.41) is 0. The van der Waals surface area contributed by atoms with Crippen LogP contribution in [0.1, 0.15) is 19.8 Å². The Bertz CT molecular complexity index is 825. The number of benzene rings is 1. The van der Waals surface area contributed by atoms with Crippen molar-refractivity contribution >= 4 is 20.0 Å². The van der Waals surface area contributed by atoms with E-state index in [9.17, 15) is 16.8 Å². The molecule has 2 aromatic rings. The lowest BCUT2D eigenvalue weighted by molar-refractivity contribution is 0.578. The van der Waals surface area contributed by atoms with E-state index in [1.807, 2.05) is 6.92 Å². The van der Waals surface area contributed by atoms with Gasteiger partial charge in [-0.3, -0.25) is 0 Å². The monoisotopic (exact) mass is 342 g/mol. The molecule has 1 aromatic heterocycles. The van der Waals surface area contributed by atoms with Gasteiger partial charge in [0, 0.05) is 18.9 Å². The molecule has 0 spiro atoms. The molecule has 2 rings (SSSR count). The molecule has 0 aliphatic rings. The van der Waals surface area contributed by atoms with E-state index in [0.29, 0.717) is 6.54 Å². The highest BCUT2D eigenvalue weighted by molar-refractivity contribution is 7.90. The second-order valence-corrected chi connectivity index (χ2v) is 8.36. The first kappa shape index (κ1) is 16.7. The molecule has 6 nitrogen and oxygen atoms in total. The summed E-state index contributed by atoms with van der Waals surface area (Å²) in [5.41, 5.74) is 0. The molecular formula is C14H18N2O4S2. The molecular weight excluding hydrogens is 324 g/mol. The molecule has 8 heteroatoms. The average Bonchev–Trinajstić information content (AvgIpc) is 3.00. The van der Waals surface area contributed by atoms with Crippen molar-refractivity contribution in [2.75, 3.05) is 6.54 Å². The first-order valence-corrected chi connectivity index (χ1v) is 9.78. The quantitative estimate of drug-likeness (QED) is 0.778. The fraction of sp³-hybridized carbons (Fsp3) is 0.286. The molecule has 1 aromatic carbocycles. The molecule has 1 heterocycles. The molecule has 0 bridgehead atoms. The van der Waals surface area contributed by atoms with Crippen molar-refractivity contribution in [2.45, 2.75) is 29.6 Å². The summed E-state index contributed by atoms with van der Waals surface area (Å²) in [4.78, 5) is 0.0385. The maximum Gasteiger partial charge on any atom is 0.267 e. The molecule has 0 atom stereocenters. The Labute approximate surface area is 130 Å². The first-order chi connectivity index (χ1) is 10.4. The number of nitrogens with zero attached hydrogens (tertiary/aromatic N) is 1. The predicted octanol–water partition coefficient (Wildman–Crippen LogP) is 1.80. The summed E-state index contributed by atoms with van der Waals surface area (Å²) < 4.78 is 52.3. The van der Waals surface area contributed by atoms with Crippen LogP contribution in [0.5, 0.6) is 0 Å². The van der Waals surface area contributed by atoms with Gasteiger partial charge in [-0.1, -0.05) is 31.5 Å². The van der Waals surface area contributed by atoms with Crippen molar-refractivity contribution in [3.8, 4) is 0 Å². The van der Waals surface area contributed by atoms with Crippen molar-refractivity contribution in [3.05, 3.63) is 48.8 Å².